The van der Waals surface area contributed by atoms with Crippen LogP contribution in [-0.4, -0.2) is 79.9 Å². The normalized spacial score (nSPS) is 42.4. The molecule has 4 N–H and O–H groups in total. The van der Waals surface area contributed by atoms with Gasteiger partial charge in [-0.25, -0.2) is 4.79 Å². The van der Waals surface area contributed by atoms with Crippen LogP contribution in [-0.2, 0) is 4.74 Å². The standard InChI is InChI=1S/C15H28N6O2/c1-20-8-2-3-9-23-10-4-6-16-13-12(10)21(15(22)19-13)11-5-7-17-14(20)18-11/h10-14,16-18H,2-9H2,1H3,(H,19,22). The van der Waals surface area contributed by atoms with Crippen molar-refractivity contribution in [3.63, 3.8) is 0 Å². The second kappa shape index (κ2) is 6.52. The molecule has 0 aromatic carbocycles. The van der Waals surface area contributed by atoms with E-state index in [1.807, 2.05) is 4.90 Å². The van der Waals surface area contributed by atoms with Crippen molar-refractivity contribution < 1.29 is 9.53 Å². The SMILES string of the molecule is CN1CCCCOC2CCNC3NC(=O)N(C4CCNC1N4)C32. The minimum Gasteiger partial charge on any atom is -0.376 e. The van der Waals surface area contributed by atoms with E-state index in [1.54, 1.807) is 0 Å². The molecule has 0 aromatic rings. The van der Waals surface area contributed by atoms with E-state index >= 15 is 0 Å². The molecule has 2 amide bonds. The lowest BCUT2D eigenvalue weighted by molar-refractivity contribution is -0.0481. The van der Waals surface area contributed by atoms with E-state index in [9.17, 15) is 4.79 Å². The Balaban J connectivity index is 1.60. The summed E-state index contributed by atoms with van der Waals surface area (Å²) in [5, 5.41) is 13.6. The van der Waals surface area contributed by atoms with Gasteiger partial charge in [0.1, 0.15) is 12.5 Å². The number of carbonyl (C=O) groups is 1. The second-order valence-electron chi connectivity index (χ2n) is 6.99. The van der Waals surface area contributed by atoms with Gasteiger partial charge in [0, 0.05) is 19.7 Å². The van der Waals surface area contributed by atoms with Crippen molar-refractivity contribution in [2.75, 3.05) is 33.3 Å². The van der Waals surface area contributed by atoms with Crippen LogP contribution in [0.1, 0.15) is 25.7 Å². The zero-order valence-corrected chi connectivity index (χ0v) is 13.8. The highest BCUT2D eigenvalue weighted by molar-refractivity contribution is 5.78. The zero-order valence-electron chi connectivity index (χ0n) is 13.8. The van der Waals surface area contributed by atoms with Gasteiger partial charge in [-0.05, 0) is 39.3 Å². The first-order valence-corrected chi connectivity index (χ1v) is 8.87. The number of ether oxygens (including phenoxy) is 1. The van der Waals surface area contributed by atoms with Gasteiger partial charge in [-0.15, -0.1) is 0 Å². The van der Waals surface area contributed by atoms with Crippen molar-refractivity contribution in [3.8, 4) is 0 Å². The smallest absolute Gasteiger partial charge is 0.320 e. The summed E-state index contributed by atoms with van der Waals surface area (Å²) in [4.78, 5) is 16.9. The van der Waals surface area contributed by atoms with Crippen molar-refractivity contribution in [2.45, 2.75) is 56.5 Å². The molecule has 2 bridgehead atoms. The third-order valence-electron chi connectivity index (χ3n) is 5.47. The Hall–Kier alpha value is -0.930. The summed E-state index contributed by atoms with van der Waals surface area (Å²) in [6.45, 7) is 3.60. The molecule has 130 valence electrons. The third-order valence-corrected chi connectivity index (χ3v) is 5.47. The van der Waals surface area contributed by atoms with Crippen molar-refractivity contribution in [3.05, 3.63) is 0 Å². The van der Waals surface area contributed by atoms with Crippen molar-refractivity contribution in [2.24, 2.45) is 0 Å². The Labute approximate surface area is 137 Å². The first-order valence-electron chi connectivity index (χ1n) is 8.87. The van der Waals surface area contributed by atoms with E-state index < -0.39 is 0 Å². The first-order chi connectivity index (χ1) is 11.2. The fourth-order valence-corrected chi connectivity index (χ4v) is 4.25. The predicted octanol–water partition coefficient (Wildman–Crippen LogP) is -0.997. The average Bonchev–Trinajstić information content (AvgIpc) is 2.90. The molecule has 0 aromatic heterocycles. The van der Waals surface area contributed by atoms with E-state index in [0.717, 1.165) is 51.9 Å². The molecule has 23 heavy (non-hydrogen) atoms. The van der Waals surface area contributed by atoms with Gasteiger partial charge in [0.05, 0.1) is 18.3 Å². The van der Waals surface area contributed by atoms with Gasteiger partial charge in [-0.1, -0.05) is 0 Å². The van der Waals surface area contributed by atoms with E-state index in [1.165, 1.54) is 0 Å². The molecule has 8 nitrogen and oxygen atoms in total. The van der Waals surface area contributed by atoms with Gasteiger partial charge in [0.25, 0.3) is 0 Å². The topological polar surface area (TPSA) is 80.9 Å². The molecule has 5 unspecified atom stereocenters. The number of fused-ring (bicyclic) bond motifs is 3. The molecule has 8 heteroatoms. The van der Waals surface area contributed by atoms with Crippen molar-refractivity contribution >= 4 is 6.03 Å². The van der Waals surface area contributed by atoms with Crippen LogP contribution in [0.25, 0.3) is 0 Å². The maximum absolute atomic E-state index is 12.6. The quantitative estimate of drug-likeness (QED) is 0.458. The van der Waals surface area contributed by atoms with Gasteiger partial charge >= 0.3 is 6.03 Å². The van der Waals surface area contributed by atoms with Gasteiger partial charge in [0.2, 0.25) is 0 Å². The maximum Gasteiger partial charge on any atom is 0.320 e. The van der Waals surface area contributed by atoms with Crippen LogP contribution in [0.2, 0.25) is 0 Å². The number of nitrogens with one attached hydrogen (secondary N) is 4. The van der Waals surface area contributed by atoms with Crippen LogP contribution in [0.5, 0.6) is 0 Å². The zero-order chi connectivity index (χ0) is 15.8. The fraction of sp³-hybridized carbons (Fsp3) is 0.933. The molecule has 0 saturated carbocycles. The maximum atomic E-state index is 12.6. The summed E-state index contributed by atoms with van der Waals surface area (Å²) in [5.74, 6) is 0. The van der Waals surface area contributed by atoms with Crippen LogP contribution in [0.4, 0.5) is 4.79 Å². The van der Waals surface area contributed by atoms with Gasteiger partial charge in [-0.2, -0.15) is 0 Å². The Morgan fingerprint density at radius 3 is 2.96 bits per heavy atom. The number of hydrogen-bond donors (Lipinski definition) is 4. The summed E-state index contributed by atoms with van der Waals surface area (Å²) in [7, 11) is 2.12. The van der Waals surface area contributed by atoms with Crippen LogP contribution in [0.15, 0.2) is 0 Å². The van der Waals surface area contributed by atoms with E-state index in [0.29, 0.717) is 0 Å². The molecular weight excluding hydrogens is 296 g/mol. The highest BCUT2D eigenvalue weighted by Gasteiger charge is 2.49. The highest BCUT2D eigenvalue weighted by Crippen LogP contribution is 2.27. The lowest BCUT2D eigenvalue weighted by Gasteiger charge is -2.45. The van der Waals surface area contributed by atoms with Crippen LogP contribution in [0, 0.1) is 0 Å². The molecule has 5 atom stereocenters. The number of nitrogens with zero attached hydrogens (tertiary/aromatic N) is 2. The Kier molecular flexibility index (Phi) is 4.42. The molecule has 4 fully saturated rings. The molecule has 0 aliphatic carbocycles. The monoisotopic (exact) mass is 324 g/mol. The third kappa shape index (κ3) is 2.94. The van der Waals surface area contributed by atoms with Crippen LogP contribution < -0.4 is 21.3 Å². The summed E-state index contributed by atoms with van der Waals surface area (Å²) < 4.78 is 6.19. The number of amides is 2. The summed E-state index contributed by atoms with van der Waals surface area (Å²) in [5.41, 5.74) is 0. The second-order valence-corrected chi connectivity index (χ2v) is 6.99. The largest absolute Gasteiger partial charge is 0.376 e. The first kappa shape index (κ1) is 15.6. The van der Waals surface area contributed by atoms with E-state index in [2.05, 4.69) is 33.2 Å². The highest BCUT2D eigenvalue weighted by atomic mass is 16.5. The fourth-order valence-electron chi connectivity index (χ4n) is 4.25. The molecule has 0 spiro atoms. The lowest BCUT2D eigenvalue weighted by atomic mass is 9.99. The Bertz CT molecular complexity index is 450. The van der Waals surface area contributed by atoms with E-state index in [4.69, 9.17) is 4.74 Å². The number of urea groups is 1. The van der Waals surface area contributed by atoms with E-state index in [-0.39, 0.29) is 36.8 Å². The number of hydrogen-bond acceptors (Lipinski definition) is 6. The predicted molar refractivity (Wildman–Crippen MR) is 85.5 cm³/mol. The molecule has 4 rings (SSSR count). The molecule has 0 radical (unpaired) electrons. The number of carbonyl (C=O) groups excluding carboxylic acids is 1. The summed E-state index contributed by atoms with van der Waals surface area (Å²) in [6, 6.07) is 0.0816. The van der Waals surface area contributed by atoms with Crippen molar-refractivity contribution in [1.29, 1.82) is 0 Å². The summed E-state index contributed by atoms with van der Waals surface area (Å²) in [6.07, 6.45) is 4.34. The van der Waals surface area contributed by atoms with Crippen LogP contribution >= 0.6 is 0 Å². The molecule has 4 heterocycles. The van der Waals surface area contributed by atoms with Crippen molar-refractivity contribution in [1.82, 2.24) is 31.1 Å². The Morgan fingerprint density at radius 1 is 1.17 bits per heavy atom. The van der Waals surface area contributed by atoms with Gasteiger partial charge in [0.15, 0.2) is 0 Å². The summed E-state index contributed by atoms with van der Waals surface area (Å²) >= 11 is 0. The molecule has 4 aliphatic heterocycles. The number of piperidine rings is 1. The van der Waals surface area contributed by atoms with Crippen LogP contribution in [0.3, 0.4) is 0 Å². The molecular formula is C15H28N6O2. The lowest BCUT2D eigenvalue weighted by Crippen LogP contribution is -2.68. The minimum atomic E-state index is -0.00273. The number of rotatable bonds is 0. The van der Waals surface area contributed by atoms with Gasteiger partial charge in [-0.3, -0.25) is 20.9 Å². The average molecular weight is 324 g/mol. The molecule has 4 aliphatic rings. The Morgan fingerprint density at radius 2 is 2.04 bits per heavy atom. The minimum absolute atomic E-state index is 0.00273. The van der Waals surface area contributed by atoms with Gasteiger partial charge < -0.3 is 15.0 Å². The molecule has 4 saturated heterocycles.